The van der Waals surface area contributed by atoms with Gasteiger partial charge in [-0.1, -0.05) is 6.92 Å². The summed E-state index contributed by atoms with van der Waals surface area (Å²) in [5.74, 6) is 0.774. The maximum atomic E-state index is 11.8. The van der Waals surface area contributed by atoms with Crippen LogP contribution in [0.2, 0.25) is 0 Å². The van der Waals surface area contributed by atoms with E-state index in [0.29, 0.717) is 18.2 Å². The summed E-state index contributed by atoms with van der Waals surface area (Å²) in [6, 6.07) is 3.06. The molecule has 0 aromatic carbocycles. The van der Waals surface area contributed by atoms with Gasteiger partial charge in [-0.2, -0.15) is 0 Å². The van der Waals surface area contributed by atoms with Crippen LogP contribution in [0.15, 0.2) is 22.8 Å². The molecule has 1 fully saturated rings. The lowest BCUT2D eigenvalue weighted by Gasteiger charge is -2.34. The summed E-state index contributed by atoms with van der Waals surface area (Å²) < 4.78 is 5.08. The van der Waals surface area contributed by atoms with Crippen LogP contribution in [0.1, 0.15) is 19.1 Å². The van der Waals surface area contributed by atoms with Crippen molar-refractivity contribution in [2.75, 3.05) is 19.6 Å². The van der Waals surface area contributed by atoms with Crippen molar-refractivity contribution in [2.24, 2.45) is 11.7 Å². The Bertz CT molecular complexity index is 465. The number of furan rings is 1. The Morgan fingerprint density at radius 1 is 1.48 bits per heavy atom. The first-order chi connectivity index (χ1) is 10.0. The highest BCUT2D eigenvalue weighted by molar-refractivity contribution is 5.95. The zero-order valence-electron chi connectivity index (χ0n) is 12.2. The van der Waals surface area contributed by atoms with Gasteiger partial charge < -0.3 is 15.5 Å². The number of hydrogen-bond donors (Lipinski definition) is 3. The second-order valence-electron chi connectivity index (χ2n) is 5.61. The molecule has 1 aromatic rings. The Labute approximate surface area is 123 Å². The van der Waals surface area contributed by atoms with Gasteiger partial charge in [0.05, 0.1) is 19.4 Å². The van der Waals surface area contributed by atoms with Crippen LogP contribution in [0.4, 0.5) is 4.79 Å². The van der Waals surface area contributed by atoms with E-state index in [1.54, 1.807) is 12.1 Å². The van der Waals surface area contributed by atoms with Crippen molar-refractivity contribution in [3.63, 3.8) is 0 Å². The number of likely N-dealkylation sites (tertiary alicyclic amines) is 1. The molecular weight excluding hydrogens is 272 g/mol. The van der Waals surface area contributed by atoms with E-state index in [1.807, 2.05) is 4.90 Å². The standard InChI is InChI=1S/C14H22N4O3/c1-10-5-11(15)8-18(7-10)9-13(19)17-14(20)16-6-12-3-2-4-21-12/h2-4,10-11H,5-9,15H2,1H3,(H2,16,17,19,20). The van der Waals surface area contributed by atoms with Crippen molar-refractivity contribution in [1.29, 1.82) is 0 Å². The van der Waals surface area contributed by atoms with Crippen LogP contribution in [0.3, 0.4) is 0 Å². The zero-order valence-corrected chi connectivity index (χ0v) is 12.2. The van der Waals surface area contributed by atoms with E-state index in [4.69, 9.17) is 10.2 Å². The summed E-state index contributed by atoms with van der Waals surface area (Å²) in [5.41, 5.74) is 5.93. The average molecular weight is 294 g/mol. The summed E-state index contributed by atoms with van der Waals surface area (Å²) in [5, 5.41) is 4.87. The molecule has 2 atom stereocenters. The number of imide groups is 1. The van der Waals surface area contributed by atoms with E-state index in [2.05, 4.69) is 17.6 Å². The smallest absolute Gasteiger partial charge is 0.321 e. The van der Waals surface area contributed by atoms with E-state index in [0.717, 1.165) is 13.0 Å². The number of nitrogens with two attached hydrogens (primary N) is 1. The molecule has 0 saturated carbocycles. The molecule has 1 saturated heterocycles. The Hall–Kier alpha value is -1.86. The Morgan fingerprint density at radius 3 is 2.95 bits per heavy atom. The Kier molecular flexibility index (Phi) is 5.35. The van der Waals surface area contributed by atoms with Gasteiger partial charge in [0.15, 0.2) is 0 Å². The quantitative estimate of drug-likeness (QED) is 0.740. The first kappa shape index (κ1) is 15.5. The molecule has 21 heavy (non-hydrogen) atoms. The highest BCUT2D eigenvalue weighted by Gasteiger charge is 2.24. The highest BCUT2D eigenvalue weighted by atomic mass is 16.3. The highest BCUT2D eigenvalue weighted by Crippen LogP contribution is 2.14. The van der Waals surface area contributed by atoms with Crippen LogP contribution >= 0.6 is 0 Å². The van der Waals surface area contributed by atoms with E-state index in [-0.39, 0.29) is 25.0 Å². The van der Waals surface area contributed by atoms with Crippen LogP contribution in [-0.2, 0) is 11.3 Å². The second kappa shape index (κ2) is 7.24. The minimum Gasteiger partial charge on any atom is -0.467 e. The number of amides is 3. The van der Waals surface area contributed by atoms with Crippen molar-refractivity contribution < 1.29 is 14.0 Å². The van der Waals surface area contributed by atoms with Gasteiger partial charge in [-0.15, -0.1) is 0 Å². The maximum absolute atomic E-state index is 11.8. The third kappa shape index (κ3) is 5.20. The zero-order chi connectivity index (χ0) is 15.2. The Morgan fingerprint density at radius 2 is 2.29 bits per heavy atom. The van der Waals surface area contributed by atoms with E-state index in [1.165, 1.54) is 6.26 Å². The SMILES string of the molecule is CC1CC(N)CN(CC(=O)NC(=O)NCc2ccco2)C1. The number of urea groups is 1. The summed E-state index contributed by atoms with van der Waals surface area (Å²) in [7, 11) is 0. The molecule has 0 radical (unpaired) electrons. The number of piperidine rings is 1. The molecule has 116 valence electrons. The van der Waals surface area contributed by atoms with Crippen molar-refractivity contribution in [3.8, 4) is 0 Å². The predicted octanol–water partition coefficient (Wildman–Crippen LogP) is 0.275. The van der Waals surface area contributed by atoms with Gasteiger partial charge in [0.2, 0.25) is 5.91 Å². The molecule has 1 aliphatic rings. The molecule has 7 heteroatoms. The predicted molar refractivity (Wildman–Crippen MR) is 77.3 cm³/mol. The van der Waals surface area contributed by atoms with E-state index >= 15 is 0 Å². The summed E-state index contributed by atoms with van der Waals surface area (Å²) in [6.07, 6.45) is 2.50. The normalized spacial score (nSPS) is 22.8. The number of carbonyl (C=O) groups excluding carboxylic acids is 2. The largest absolute Gasteiger partial charge is 0.467 e. The van der Waals surface area contributed by atoms with Crippen molar-refractivity contribution in [1.82, 2.24) is 15.5 Å². The topological polar surface area (TPSA) is 101 Å². The van der Waals surface area contributed by atoms with Crippen molar-refractivity contribution >= 4 is 11.9 Å². The first-order valence-corrected chi connectivity index (χ1v) is 7.11. The van der Waals surface area contributed by atoms with Crippen LogP contribution in [-0.4, -0.2) is 42.5 Å². The summed E-state index contributed by atoms with van der Waals surface area (Å²) >= 11 is 0. The molecule has 1 aliphatic heterocycles. The first-order valence-electron chi connectivity index (χ1n) is 7.11. The fraction of sp³-hybridized carbons (Fsp3) is 0.571. The van der Waals surface area contributed by atoms with Gasteiger partial charge in [0, 0.05) is 19.1 Å². The molecule has 0 bridgehead atoms. The van der Waals surface area contributed by atoms with Gasteiger partial charge in [-0.25, -0.2) is 4.79 Å². The lowest BCUT2D eigenvalue weighted by atomic mass is 9.97. The maximum Gasteiger partial charge on any atom is 0.321 e. The number of hydrogen-bond acceptors (Lipinski definition) is 5. The van der Waals surface area contributed by atoms with Crippen LogP contribution in [0.25, 0.3) is 0 Å². The molecule has 2 heterocycles. The van der Waals surface area contributed by atoms with Gasteiger partial charge in [-0.3, -0.25) is 15.0 Å². The minimum absolute atomic E-state index is 0.0920. The summed E-state index contributed by atoms with van der Waals surface area (Å²) in [4.78, 5) is 25.4. The van der Waals surface area contributed by atoms with Crippen molar-refractivity contribution in [2.45, 2.75) is 25.9 Å². The fourth-order valence-corrected chi connectivity index (χ4v) is 2.64. The van der Waals surface area contributed by atoms with Crippen LogP contribution < -0.4 is 16.4 Å². The molecule has 1 aromatic heterocycles. The third-order valence-electron chi connectivity index (χ3n) is 3.39. The van der Waals surface area contributed by atoms with Crippen molar-refractivity contribution in [3.05, 3.63) is 24.2 Å². The molecule has 2 rings (SSSR count). The van der Waals surface area contributed by atoms with Gasteiger partial charge in [0.25, 0.3) is 0 Å². The molecule has 4 N–H and O–H groups in total. The van der Waals surface area contributed by atoms with Gasteiger partial charge >= 0.3 is 6.03 Å². The molecule has 2 unspecified atom stereocenters. The van der Waals surface area contributed by atoms with Gasteiger partial charge in [0.1, 0.15) is 5.76 Å². The molecule has 3 amide bonds. The fourth-order valence-electron chi connectivity index (χ4n) is 2.64. The van der Waals surface area contributed by atoms with Crippen LogP contribution in [0, 0.1) is 5.92 Å². The molecular formula is C14H22N4O3. The average Bonchev–Trinajstić information content (AvgIpc) is 2.87. The van der Waals surface area contributed by atoms with Crippen LogP contribution in [0.5, 0.6) is 0 Å². The van der Waals surface area contributed by atoms with Gasteiger partial charge in [-0.05, 0) is 24.5 Å². The molecule has 7 nitrogen and oxygen atoms in total. The number of carbonyl (C=O) groups is 2. The monoisotopic (exact) mass is 294 g/mol. The van der Waals surface area contributed by atoms with E-state index < -0.39 is 6.03 Å². The lowest BCUT2D eigenvalue weighted by molar-refractivity contribution is -0.121. The second-order valence-corrected chi connectivity index (χ2v) is 5.61. The third-order valence-corrected chi connectivity index (χ3v) is 3.39. The summed E-state index contributed by atoms with van der Waals surface area (Å²) in [6.45, 7) is 4.06. The Balaban J connectivity index is 1.69. The minimum atomic E-state index is -0.522. The number of nitrogens with zero attached hydrogens (tertiary/aromatic N) is 1. The van der Waals surface area contributed by atoms with E-state index in [9.17, 15) is 9.59 Å². The molecule has 0 spiro atoms. The number of rotatable bonds is 4. The number of nitrogens with one attached hydrogen (secondary N) is 2. The molecule has 0 aliphatic carbocycles. The lowest BCUT2D eigenvalue weighted by Crippen LogP contribution is -2.51.